The molecule has 1 aliphatic heterocycles. The second kappa shape index (κ2) is 5.18. The summed E-state index contributed by atoms with van der Waals surface area (Å²) in [5.41, 5.74) is 4.37. The van der Waals surface area contributed by atoms with Gasteiger partial charge in [-0.3, -0.25) is 0 Å². The smallest absolute Gasteiger partial charge is 0.141 e. The van der Waals surface area contributed by atoms with Crippen molar-refractivity contribution in [2.75, 3.05) is 6.54 Å². The van der Waals surface area contributed by atoms with Crippen molar-refractivity contribution in [3.05, 3.63) is 34.4 Å². The SMILES string of the molecule is Cc1cc(C)c(C(F)C2CCCCN2)cc1C. The summed E-state index contributed by atoms with van der Waals surface area (Å²) in [5.74, 6) is 0. The fraction of sp³-hybridized carbons (Fsp3) is 0.600. The van der Waals surface area contributed by atoms with E-state index in [9.17, 15) is 4.39 Å². The highest BCUT2D eigenvalue weighted by molar-refractivity contribution is 5.38. The number of rotatable bonds is 2. The zero-order valence-electron chi connectivity index (χ0n) is 11.0. The van der Waals surface area contributed by atoms with Gasteiger partial charge in [-0.25, -0.2) is 4.39 Å². The molecule has 0 aliphatic carbocycles. The van der Waals surface area contributed by atoms with Crippen molar-refractivity contribution in [2.24, 2.45) is 0 Å². The molecule has 1 aromatic carbocycles. The van der Waals surface area contributed by atoms with Crippen LogP contribution in [0.25, 0.3) is 0 Å². The number of benzene rings is 1. The van der Waals surface area contributed by atoms with Crippen LogP contribution in [0.3, 0.4) is 0 Å². The fourth-order valence-electron chi connectivity index (χ4n) is 2.63. The predicted molar refractivity (Wildman–Crippen MR) is 70.1 cm³/mol. The molecule has 0 amide bonds. The minimum Gasteiger partial charge on any atom is -0.311 e. The topological polar surface area (TPSA) is 12.0 Å². The number of aryl methyl sites for hydroxylation is 3. The molecule has 0 bridgehead atoms. The second-order valence-corrected chi connectivity index (χ2v) is 5.25. The van der Waals surface area contributed by atoms with E-state index in [0.29, 0.717) is 0 Å². The third kappa shape index (κ3) is 2.68. The predicted octanol–water partition coefficient (Wildman–Crippen LogP) is 3.76. The Morgan fingerprint density at radius 2 is 1.82 bits per heavy atom. The number of halogens is 1. The maximum absolute atomic E-state index is 14.5. The largest absolute Gasteiger partial charge is 0.311 e. The maximum atomic E-state index is 14.5. The number of hydrogen-bond acceptors (Lipinski definition) is 1. The molecule has 1 saturated heterocycles. The summed E-state index contributed by atoms with van der Waals surface area (Å²) in [6, 6.07) is 4.12. The van der Waals surface area contributed by atoms with Gasteiger partial charge in [-0.05, 0) is 62.4 Å². The second-order valence-electron chi connectivity index (χ2n) is 5.25. The van der Waals surface area contributed by atoms with E-state index in [1.165, 1.54) is 17.5 Å². The summed E-state index contributed by atoms with van der Waals surface area (Å²) in [5, 5.41) is 3.30. The van der Waals surface area contributed by atoms with Gasteiger partial charge in [0.2, 0.25) is 0 Å². The van der Waals surface area contributed by atoms with Crippen LogP contribution in [0.4, 0.5) is 4.39 Å². The Morgan fingerprint density at radius 3 is 2.47 bits per heavy atom. The van der Waals surface area contributed by atoms with Crippen LogP contribution in [0.5, 0.6) is 0 Å². The van der Waals surface area contributed by atoms with Crippen LogP contribution in [-0.2, 0) is 0 Å². The minimum atomic E-state index is -0.866. The van der Waals surface area contributed by atoms with Crippen molar-refractivity contribution in [3.63, 3.8) is 0 Å². The van der Waals surface area contributed by atoms with Crippen LogP contribution in [0.2, 0.25) is 0 Å². The maximum Gasteiger partial charge on any atom is 0.141 e. The van der Waals surface area contributed by atoms with Crippen molar-refractivity contribution in [2.45, 2.75) is 52.2 Å². The van der Waals surface area contributed by atoms with E-state index in [1.54, 1.807) is 0 Å². The third-order valence-electron chi connectivity index (χ3n) is 3.88. The summed E-state index contributed by atoms with van der Waals surface area (Å²) in [4.78, 5) is 0. The van der Waals surface area contributed by atoms with Crippen LogP contribution in [0.15, 0.2) is 12.1 Å². The lowest BCUT2D eigenvalue weighted by Gasteiger charge is -2.28. The Bertz CT molecular complexity index is 394. The average molecular weight is 235 g/mol. The summed E-state index contributed by atoms with van der Waals surface area (Å²) >= 11 is 0. The average Bonchev–Trinajstić information content (AvgIpc) is 2.34. The zero-order valence-corrected chi connectivity index (χ0v) is 11.0. The Hall–Kier alpha value is -0.890. The van der Waals surface area contributed by atoms with E-state index >= 15 is 0 Å². The van der Waals surface area contributed by atoms with Crippen LogP contribution in [0, 0.1) is 20.8 Å². The van der Waals surface area contributed by atoms with Crippen molar-refractivity contribution in [1.29, 1.82) is 0 Å². The van der Waals surface area contributed by atoms with Gasteiger partial charge >= 0.3 is 0 Å². The highest BCUT2D eigenvalue weighted by atomic mass is 19.1. The molecule has 2 heteroatoms. The Kier molecular flexibility index (Phi) is 3.82. The van der Waals surface area contributed by atoms with Gasteiger partial charge in [-0.2, -0.15) is 0 Å². The number of piperidine rings is 1. The fourth-order valence-corrected chi connectivity index (χ4v) is 2.63. The summed E-state index contributed by atoms with van der Waals surface area (Å²) in [6.45, 7) is 7.10. The van der Waals surface area contributed by atoms with E-state index in [2.05, 4.69) is 25.2 Å². The molecule has 1 nitrogen and oxygen atoms in total. The van der Waals surface area contributed by atoms with Crippen molar-refractivity contribution < 1.29 is 4.39 Å². The highest BCUT2D eigenvalue weighted by Gasteiger charge is 2.25. The number of nitrogens with one attached hydrogen (secondary N) is 1. The van der Waals surface area contributed by atoms with Gasteiger partial charge < -0.3 is 5.32 Å². The Labute approximate surface area is 103 Å². The van der Waals surface area contributed by atoms with Gasteiger partial charge in [0.1, 0.15) is 6.17 Å². The quantitative estimate of drug-likeness (QED) is 0.823. The molecule has 2 unspecified atom stereocenters. The molecular weight excluding hydrogens is 213 g/mol. The first-order valence-corrected chi connectivity index (χ1v) is 6.55. The van der Waals surface area contributed by atoms with Crippen LogP contribution in [0.1, 0.15) is 47.7 Å². The molecule has 2 atom stereocenters. The van der Waals surface area contributed by atoms with Gasteiger partial charge in [-0.1, -0.05) is 18.6 Å². The standard InChI is InChI=1S/C15H22FN/c1-10-8-12(3)13(9-11(10)2)15(16)14-6-4-5-7-17-14/h8-9,14-15,17H,4-7H2,1-3H3. The molecule has 17 heavy (non-hydrogen) atoms. The molecule has 0 spiro atoms. The molecule has 1 aromatic rings. The normalized spacial score (nSPS) is 22.5. The van der Waals surface area contributed by atoms with Crippen LogP contribution >= 0.6 is 0 Å². The molecule has 2 rings (SSSR count). The van der Waals surface area contributed by atoms with Crippen molar-refractivity contribution in [3.8, 4) is 0 Å². The molecule has 1 fully saturated rings. The Balaban J connectivity index is 2.23. The van der Waals surface area contributed by atoms with Crippen LogP contribution < -0.4 is 5.32 Å². The van der Waals surface area contributed by atoms with Gasteiger partial charge in [0, 0.05) is 6.04 Å². The molecule has 1 N–H and O–H groups in total. The van der Waals surface area contributed by atoms with E-state index in [-0.39, 0.29) is 6.04 Å². The van der Waals surface area contributed by atoms with Gasteiger partial charge in [0.25, 0.3) is 0 Å². The first-order valence-electron chi connectivity index (χ1n) is 6.55. The highest BCUT2D eigenvalue weighted by Crippen LogP contribution is 2.30. The first kappa shape index (κ1) is 12.6. The zero-order chi connectivity index (χ0) is 12.4. The number of alkyl halides is 1. The first-order chi connectivity index (χ1) is 8.09. The molecular formula is C15H22FN. The molecule has 1 heterocycles. The van der Waals surface area contributed by atoms with E-state index < -0.39 is 6.17 Å². The summed E-state index contributed by atoms with van der Waals surface area (Å²) in [6.07, 6.45) is 2.40. The molecule has 0 aromatic heterocycles. The molecule has 1 aliphatic rings. The molecule has 0 saturated carbocycles. The lowest BCUT2D eigenvalue weighted by Crippen LogP contribution is -2.37. The molecule has 0 radical (unpaired) electrons. The lowest BCUT2D eigenvalue weighted by atomic mass is 9.91. The van der Waals surface area contributed by atoms with Gasteiger partial charge in [-0.15, -0.1) is 0 Å². The van der Waals surface area contributed by atoms with Crippen molar-refractivity contribution >= 4 is 0 Å². The third-order valence-corrected chi connectivity index (χ3v) is 3.88. The van der Waals surface area contributed by atoms with E-state index in [0.717, 1.165) is 30.5 Å². The van der Waals surface area contributed by atoms with Crippen LogP contribution in [-0.4, -0.2) is 12.6 Å². The number of hydrogen-bond donors (Lipinski definition) is 1. The monoisotopic (exact) mass is 235 g/mol. The molecule has 94 valence electrons. The van der Waals surface area contributed by atoms with E-state index in [1.807, 2.05) is 13.0 Å². The van der Waals surface area contributed by atoms with Gasteiger partial charge in [0.15, 0.2) is 0 Å². The summed E-state index contributed by atoms with van der Waals surface area (Å²) < 4.78 is 14.5. The Morgan fingerprint density at radius 1 is 1.12 bits per heavy atom. The summed E-state index contributed by atoms with van der Waals surface area (Å²) in [7, 11) is 0. The minimum absolute atomic E-state index is 0.00422. The van der Waals surface area contributed by atoms with E-state index in [4.69, 9.17) is 0 Å². The lowest BCUT2D eigenvalue weighted by molar-refractivity contribution is 0.220. The van der Waals surface area contributed by atoms with Crippen molar-refractivity contribution in [1.82, 2.24) is 5.32 Å². The van der Waals surface area contributed by atoms with Gasteiger partial charge in [0.05, 0.1) is 0 Å².